The molecule has 0 fully saturated rings. The van der Waals surface area contributed by atoms with E-state index in [1.807, 2.05) is 6.07 Å². The topological polar surface area (TPSA) is 69.4 Å². The van der Waals surface area contributed by atoms with Crippen LogP contribution < -0.4 is 9.92 Å². The van der Waals surface area contributed by atoms with E-state index in [-0.39, 0.29) is 4.90 Å². The zero-order chi connectivity index (χ0) is 13.2. The molecule has 0 aliphatic rings. The van der Waals surface area contributed by atoms with E-state index in [1.165, 1.54) is 12.1 Å². The molecule has 0 amide bonds. The molecule has 0 unspecified atom stereocenters. The summed E-state index contributed by atoms with van der Waals surface area (Å²) in [6.07, 6.45) is 0. The van der Waals surface area contributed by atoms with Crippen LogP contribution in [0.5, 0.6) is 5.75 Å². The van der Waals surface area contributed by atoms with Crippen LogP contribution in [0.25, 0.3) is 0 Å². The average molecular weight is 263 g/mol. The second-order valence-electron chi connectivity index (χ2n) is 3.88. The first kappa shape index (κ1) is 12.4. The normalized spacial score (nSPS) is 11.2. The van der Waals surface area contributed by atoms with Gasteiger partial charge in [-0.3, -0.25) is 0 Å². The van der Waals surface area contributed by atoms with Crippen molar-refractivity contribution in [2.45, 2.75) is 11.8 Å². The monoisotopic (exact) mass is 263 g/mol. The van der Waals surface area contributed by atoms with Gasteiger partial charge in [0, 0.05) is 5.69 Å². The maximum atomic E-state index is 12.0. The molecule has 0 atom stereocenters. The number of anilines is 1. The second kappa shape index (κ2) is 4.70. The third kappa shape index (κ3) is 2.62. The van der Waals surface area contributed by atoms with Gasteiger partial charge >= 0.3 is 10.1 Å². The van der Waals surface area contributed by atoms with Gasteiger partial charge in [-0.2, -0.15) is 8.42 Å². The Bertz CT molecular complexity index is 665. The van der Waals surface area contributed by atoms with Gasteiger partial charge in [0.05, 0.1) is 0 Å². The second-order valence-corrected chi connectivity index (χ2v) is 5.42. The van der Waals surface area contributed by atoms with E-state index in [9.17, 15) is 8.42 Å². The molecule has 0 saturated heterocycles. The Morgan fingerprint density at radius 2 is 1.78 bits per heavy atom. The summed E-state index contributed by atoms with van der Waals surface area (Å²) in [6.45, 7) is 1.78. The molecule has 94 valence electrons. The van der Waals surface area contributed by atoms with Gasteiger partial charge in [0.2, 0.25) is 0 Å². The van der Waals surface area contributed by atoms with Crippen molar-refractivity contribution < 1.29 is 12.6 Å². The van der Waals surface area contributed by atoms with E-state index < -0.39 is 10.1 Å². The Balaban J connectivity index is 2.37. The first-order chi connectivity index (χ1) is 8.49. The molecule has 0 aromatic heterocycles. The molecule has 0 aliphatic heterocycles. The lowest BCUT2D eigenvalue weighted by molar-refractivity contribution is 0.484. The number of rotatable bonds is 3. The number of para-hydroxylation sites is 1. The Morgan fingerprint density at radius 3 is 2.44 bits per heavy atom. The number of nitrogen functional groups attached to an aromatic ring is 1. The maximum Gasteiger partial charge on any atom is 0.339 e. The molecule has 2 aromatic carbocycles. The molecule has 0 heterocycles. The van der Waals surface area contributed by atoms with Crippen LogP contribution >= 0.6 is 0 Å². The van der Waals surface area contributed by atoms with Crippen molar-refractivity contribution in [3.63, 3.8) is 0 Å². The molecule has 5 heteroatoms. The molecule has 2 rings (SSSR count). The van der Waals surface area contributed by atoms with Gasteiger partial charge in [-0.05, 0) is 36.8 Å². The zero-order valence-electron chi connectivity index (χ0n) is 9.83. The minimum absolute atomic E-state index is 0.0470. The van der Waals surface area contributed by atoms with Gasteiger partial charge in [-0.25, -0.2) is 0 Å². The predicted molar refractivity (Wildman–Crippen MR) is 69.8 cm³/mol. The Kier molecular flexibility index (Phi) is 3.25. The number of hydrogen-bond acceptors (Lipinski definition) is 4. The summed E-state index contributed by atoms with van der Waals surface area (Å²) in [6, 6.07) is 12.9. The van der Waals surface area contributed by atoms with Crippen molar-refractivity contribution >= 4 is 15.8 Å². The van der Waals surface area contributed by atoms with Crippen molar-refractivity contribution in [2.24, 2.45) is 0 Å². The van der Waals surface area contributed by atoms with E-state index in [0.29, 0.717) is 11.4 Å². The molecule has 18 heavy (non-hydrogen) atoms. The van der Waals surface area contributed by atoms with Gasteiger partial charge in [0.1, 0.15) is 10.6 Å². The number of hydrogen-bond donors (Lipinski definition) is 1. The van der Waals surface area contributed by atoms with Crippen LogP contribution in [0.2, 0.25) is 0 Å². The first-order valence-corrected chi connectivity index (χ1v) is 6.75. The van der Waals surface area contributed by atoms with Crippen molar-refractivity contribution in [1.82, 2.24) is 0 Å². The van der Waals surface area contributed by atoms with Gasteiger partial charge in [-0.15, -0.1) is 0 Å². The first-order valence-electron chi connectivity index (χ1n) is 5.35. The maximum absolute atomic E-state index is 12.0. The summed E-state index contributed by atoms with van der Waals surface area (Å²) >= 11 is 0. The summed E-state index contributed by atoms with van der Waals surface area (Å²) < 4.78 is 29.1. The number of benzene rings is 2. The molecule has 0 aliphatic carbocycles. The molecule has 4 nitrogen and oxygen atoms in total. The third-order valence-corrected chi connectivity index (χ3v) is 3.67. The summed E-state index contributed by atoms with van der Waals surface area (Å²) in [5.74, 6) is 0.319. The highest BCUT2D eigenvalue weighted by Gasteiger charge is 2.17. The quantitative estimate of drug-likeness (QED) is 0.681. The standard InChI is InChI=1S/C13H13NO3S/c1-10-5-2-3-8-13(10)17-18(15,16)12-7-4-6-11(14)9-12/h2-9H,14H2,1H3. The minimum Gasteiger partial charge on any atom is -0.399 e. The van der Waals surface area contributed by atoms with Crippen LogP contribution in [0.15, 0.2) is 53.4 Å². The van der Waals surface area contributed by atoms with Crippen LogP contribution in [0.3, 0.4) is 0 Å². The lowest BCUT2D eigenvalue weighted by atomic mass is 10.2. The highest BCUT2D eigenvalue weighted by Crippen LogP contribution is 2.22. The Labute approximate surface area is 106 Å². The molecular formula is C13H13NO3S. The van der Waals surface area contributed by atoms with Crippen LogP contribution in [0, 0.1) is 6.92 Å². The van der Waals surface area contributed by atoms with Gasteiger partial charge in [0.25, 0.3) is 0 Å². The average Bonchev–Trinajstić information content (AvgIpc) is 2.32. The van der Waals surface area contributed by atoms with E-state index >= 15 is 0 Å². The molecule has 2 N–H and O–H groups in total. The molecule has 0 radical (unpaired) electrons. The highest BCUT2D eigenvalue weighted by atomic mass is 32.2. The molecule has 0 saturated carbocycles. The SMILES string of the molecule is Cc1ccccc1OS(=O)(=O)c1cccc(N)c1. The third-order valence-electron chi connectivity index (χ3n) is 2.44. The lowest BCUT2D eigenvalue weighted by Crippen LogP contribution is -2.10. The molecule has 0 bridgehead atoms. The van der Waals surface area contributed by atoms with Crippen LogP contribution in [-0.2, 0) is 10.1 Å². The van der Waals surface area contributed by atoms with Crippen molar-refractivity contribution in [2.75, 3.05) is 5.73 Å². The van der Waals surface area contributed by atoms with E-state index in [1.54, 1.807) is 37.3 Å². The predicted octanol–water partition coefficient (Wildman–Crippen LogP) is 2.34. The highest BCUT2D eigenvalue weighted by molar-refractivity contribution is 7.87. The van der Waals surface area contributed by atoms with Crippen LogP contribution in [-0.4, -0.2) is 8.42 Å². The zero-order valence-corrected chi connectivity index (χ0v) is 10.6. The van der Waals surface area contributed by atoms with Crippen molar-refractivity contribution in [3.05, 3.63) is 54.1 Å². The molecular weight excluding hydrogens is 250 g/mol. The van der Waals surface area contributed by atoms with E-state index in [0.717, 1.165) is 5.56 Å². The lowest BCUT2D eigenvalue weighted by Gasteiger charge is -2.09. The van der Waals surface area contributed by atoms with Crippen molar-refractivity contribution in [1.29, 1.82) is 0 Å². The van der Waals surface area contributed by atoms with Gasteiger partial charge < -0.3 is 9.92 Å². The summed E-state index contributed by atoms with van der Waals surface area (Å²) in [7, 11) is -3.84. The van der Waals surface area contributed by atoms with E-state index in [2.05, 4.69) is 0 Å². The van der Waals surface area contributed by atoms with Crippen LogP contribution in [0.4, 0.5) is 5.69 Å². The molecule has 2 aromatic rings. The summed E-state index contributed by atoms with van der Waals surface area (Å²) in [5, 5.41) is 0. The van der Waals surface area contributed by atoms with Gasteiger partial charge in [-0.1, -0.05) is 24.3 Å². The fourth-order valence-electron chi connectivity index (χ4n) is 1.49. The summed E-state index contributed by atoms with van der Waals surface area (Å²) in [5.41, 5.74) is 6.69. The largest absolute Gasteiger partial charge is 0.399 e. The van der Waals surface area contributed by atoms with Crippen molar-refractivity contribution in [3.8, 4) is 5.75 Å². The van der Waals surface area contributed by atoms with E-state index in [4.69, 9.17) is 9.92 Å². The molecule has 0 spiro atoms. The fraction of sp³-hybridized carbons (Fsp3) is 0.0769. The summed E-state index contributed by atoms with van der Waals surface area (Å²) in [4.78, 5) is 0.0470. The number of aryl methyl sites for hydroxylation is 1. The van der Waals surface area contributed by atoms with Crippen LogP contribution in [0.1, 0.15) is 5.56 Å². The minimum atomic E-state index is -3.84. The fourth-order valence-corrected chi connectivity index (χ4v) is 2.53. The Hall–Kier alpha value is -2.01. The van der Waals surface area contributed by atoms with Gasteiger partial charge in [0.15, 0.2) is 0 Å². The Morgan fingerprint density at radius 1 is 1.06 bits per heavy atom. The smallest absolute Gasteiger partial charge is 0.339 e. The number of nitrogens with two attached hydrogens (primary N) is 1.